The number of allylic oxidation sites excluding steroid dienone is 5. The second kappa shape index (κ2) is 10.2. The Balaban J connectivity index is 1.79. The maximum atomic E-state index is 13.4. The average Bonchev–Trinajstić information content (AvgIpc) is 2.85. The van der Waals surface area contributed by atoms with Crippen LogP contribution in [0.25, 0.3) is 0 Å². The predicted molar refractivity (Wildman–Crippen MR) is 94.7 cm³/mol. The predicted octanol–water partition coefficient (Wildman–Crippen LogP) is 7.54. The van der Waals surface area contributed by atoms with Crippen LogP contribution in [0, 0.1) is 23.7 Å². The van der Waals surface area contributed by atoms with Crippen LogP contribution < -0.4 is 0 Å². The van der Waals surface area contributed by atoms with Crippen LogP contribution in [0.5, 0.6) is 0 Å². The van der Waals surface area contributed by atoms with E-state index in [2.05, 4.69) is 6.58 Å². The van der Waals surface area contributed by atoms with Gasteiger partial charge in [-0.3, -0.25) is 4.39 Å². The smallest absolute Gasteiger partial charge is 0.193 e. The minimum absolute atomic E-state index is 0.200. The molecule has 0 nitrogen and oxygen atoms in total. The molecule has 2 unspecified atom stereocenters. The Morgan fingerprint density at radius 1 is 0.880 bits per heavy atom. The van der Waals surface area contributed by atoms with E-state index in [0.717, 1.165) is 50.5 Å². The maximum absolute atomic E-state index is 13.4. The minimum Gasteiger partial charge on any atom is -0.251 e. The molecule has 0 amide bonds. The molecule has 0 heterocycles. The number of alkyl halides is 1. The molecular weight excluding hydrogens is 328 g/mol. The van der Waals surface area contributed by atoms with Crippen molar-refractivity contribution in [3.05, 3.63) is 36.2 Å². The minimum atomic E-state index is -1.51. The molecule has 4 heteroatoms. The number of hydrogen-bond acceptors (Lipinski definition) is 0. The van der Waals surface area contributed by atoms with Crippen LogP contribution in [-0.4, -0.2) is 6.67 Å². The summed E-state index contributed by atoms with van der Waals surface area (Å²) in [4.78, 5) is 0. The zero-order valence-electron chi connectivity index (χ0n) is 15.0. The summed E-state index contributed by atoms with van der Waals surface area (Å²) in [5, 5.41) is 0. The normalized spacial score (nSPS) is 32.3. The molecule has 0 aliphatic heterocycles. The van der Waals surface area contributed by atoms with Gasteiger partial charge in [0, 0.05) is 0 Å². The van der Waals surface area contributed by atoms with Crippen LogP contribution in [0.3, 0.4) is 0 Å². The standard InChI is InChI=1S/C21H30F4/c1-15(23)21(25)20(24)12-8-17-6-10-19(11-7-17)18-4-2-3-16(5-9-18)13-14-22/h8,12,16-19H,1-7,9-11,13-14H2/b12-8+,21-20-. The molecule has 0 aromatic heterocycles. The summed E-state index contributed by atoms with van der Waals surface area (Å²) >= 11 is 0. The zero-order chi connectivity index (χ0) is 18.2. The van der Waals surface area contributed by atoms with Gasteiger partial charge in [0.25, 0.3) is 0 Å². The molecule has 2 aliphatic carbocycles. The van der Waals surface area contributed by atoms with E-state index in [9.17, 15) is 17.6 Å². The molecule has 2 aliphatic rings. The first-order chi connectivity index (χ1) is 12.0. The van der Waals surface area contributed by atoms with Crippen molar-refractivity contribution < 1.29 is 17.6 Å². The number of rotatable bonds is 6. The Bertz CT molecular complexity index is 486. The SMILES string of the molecule is C=C(F)/C(F)=C(F)\C=C\C1CCC(C2CCCC(CCF)CC2)CC1. The van der Waals surface area contributed by atoms with Gasteiger partial charge in [0.2, 0.25) is 0 Å². The molecule has 2 fully saturated rings. The second-order valence-electron chi connectivity index (χ2n) is 7.71. The first kappa shape index (κ1) is 20.3. The summed E-state index contributed by atoms with van der Waals surface area (Å²) in [6.07, 6.45) is 13.5. The van der Waals surface area contributed by atoms with Gasteiger partial charge in [0.15, 0.2) is 17.5 Å². The van der Waals surface area contributed by atoms with Crippen molar-refractivity contribution in [1.82, 2.24) is 0 Å². The summed E-state index contributed by atoms with van der Waals surface area (Å²) in [6, 6.07) is 0. The van der Waals surface area contributed by atoms with Crippen LogP contribution in [0.4, 0.5) is 17.6 Å². The highest BCUT2D eigenvalue weighted by atomic mass is 19.2. The van der Waals surface area contributed by atoms with Crippen LogP contribution in [0.15, 0.2) is 36.2 Å². The van der Waals surface area contributed by atoms with E-state index in [1.807, 2.05) is 0 Å². The van der Waals surface area contributed by atoms with Gasteiger partial charge < -0.3 is 0 Å². The summed E-state index contributed by atoms with van der Waals surface area (Å²) in [6.45, 7) is 2.56. The van der Waals surface area contributed by atoms with Gasteiger partial charge in [0.1, 0.15) is 0 Å². The zero-order valence-corrected chi connectivity index (χ0v) is 15.0. The van der Waals surface area contributed by atoms with Crippen LogP contribution in [0.2, 0.25) is 0 Å². The first-order valence-electron chi connectivity index (χ1n) is 9.65. The molecule has 0 bridgehead atoms. The lowest BCUT2D eigenvalue weighted by atomic mass is 9.73. The fourth-order valence-electron chi connectivity index (χ4n) is 4.55. The molecule has 0 spiro atoms. The fourth-order valence-corrected chi connectivity index (χ4v) is 4.55. The van der Waals surface area contributed by atoms with Crippen molar-refractivity contribution in [2.75, 3.05) is 6.67 Å². The average molecular weight is 358 g/mol. The summed E-state index contributed by atoms with van der Waals surface area (Å²) in [5.74, 6) is -1.83. The number of hydrogen-bond donors (Lipinski definition) is 0. The van der Waals surface area contributed by atoms with Gasteiger partial charge in [-0.2, -0.15) is 0 Å². The van der Waals surface area contributed by atoms with Crippen LogP contribution in [0.1, 0.15) is 64.2 Å². The summed E-state index contributed by atoms with van der Waals surface area (Å²) < 4.78 is 51.6. The fraction of sp³-hybridized carbons (Fsp3) is 0.714. The highest BCUT2D eigenvalue weighted by Gasteiger charge is 2.28. The third kappa shape index (κ3) is 6.31. The van der Waals surface area contributed by atoms with E-state index < -0.39 is 17.5 Å². The van der Waals surface area contributed by atoms with Crippen molar-refractivity contribution in [1.29, 1.82) is 0 Å². The summed E-state index contributed by atoms with van der Waals surface area (Å²) in [5.41, 5.74) is 0. The Labute approximate surface area is 149 Å². The Morgan fingerprint density at radius 2 is 1.52 bits per heavy atom. The second-order valence-corrected chi connectivity index (χ2v) is 7.71. The molecule has 2 rings (SSSR count). The molecule has 0 N–H and O–H groups in total. The van der Waals surface area contributed by atoms with Crippen molar-refractivity contribution in [3.8, 4) is 0 Å². The largest absolute Gasteiger partial charge is 0.251 e. The topological polar surface area (TPSA) is 0 Å². The molecule has 2 atom stereocenters. The Morgan fingerprint density at radius 3 is 2.16 bits per heavy atom. The first-order valence-corrected chi connectivity index (χ1v) is 9.65. The molecule has 25 heavy (non-hydrogen) atoms. The van der Waals surface area contributed by atoms with Crippen LogP contribution >= 0.6 is 0 Å². The van der Waals surface area contributed by atoms with Gasteiger partial charge >= 0.3 is 0 Å². The lowest BCUT2D eigenvalue weighted by molar-refractivity contribution is 0.203. The molecule has 0 aromatic rings. The molecule has 2 saturated carbocycles. The van der Waals surface area contributed by atoms with Crippen molar-refractivity contribution in [3.63, 3.8) is 0 Å². The van der Waals surface area contributed by atoms with Gasteiger partial charge in [-0.15, -0.1) is 0 Å². The van der Waals surface area contributed by atoms with Crippen molar-refractivity contribution >= 4 is 0 Å². The number of halogens is 4. The van der Waals surface area contributed by atoms with E-state index in [1.54, 1.807) is 6.08 Å². The molecule has 0 aromatic carbocycles. The summed E-state index contributed by atoms with van der Waals surface area (Å²) in [7, 11) is 0. The third-order valence-corrected chi connectivity index (χ3v) is 6.10. The van der Waals surface area contributed by atoms with Crippen molar-refractivity contribution in [2.24, 2.45) is 23.7 Å². The lowest BCUT2D eigenvalue weighted by Crippen LogP contribution is -2.21. The van der Waals surface area contributed by atoms with Gasteiger partial charge in [-0.25, -0.2) is 13.2 Å². The van der Waals surface area contributed by atoms with E-state index in [-0.39, 0.29) is 12.6 Å². The molecule has 0 saturated heterocycles. The molecule has 0 radical (unpaired) electrons. The van der Waals surface area contributed by atoms with E-state index in [0.29, 0.717) is 18.3 Å². The quantitative estimate of drug-likeness (QED) is 0.261. The lowest BCUT2D eigenvalue weighted by Gasteiger charge is -2.32. The van der Waals surface area contributed by atoms with E-state index in [1.165, 1.54) is 19.3 Å². The van der Waals surface area contributed by atoms with E-state index >= 15 is 0 Å². The third-order valence-electron chi connectivity index (χ3n) is 6.10. The maximum Gasteiger partial charge on any atom is 0.193 e. The monoisotopic (exact) mass is 358 g/mol. The van der Waals surface area contributed by atoms with E-state index in [4.69, 9.17) is 0 Å². The highest BCUT2D eigenvalue weighted by molar-refractivity contribution is 5.26. The Hall–Kier alpha value is -1.06. The van der Waals surface area contributed by atoms with Gasteiger partial charge in [-0.1, -0.05) is 38.3 Å². The highest BCUT2D eigenvalue weighted by Crippen LogP contribution is 2.41. The Kier molecular flexibility index (Phi) is 8.25. The van der Waals surface area contributed by atoms with Gasteiger partial charge in [-0.05, 0) is 68.3 Å². The molecular formula is C21H30F4. The molecule has 142 valence electrons. The van der Waals surface area contributed by atoms with Crippen molar-refractivity contribution in [2.45, 2.75) is 64.2 Å². The van der Waals surface area contributed by atoms with Gasteiger partial charge in [0.05, 0.1) is 6.67 Å². The van der Waals surface area contributed by atoms with Crippen LogP contribution in [-0.2, 0) is 0 Å².